The second kappa shape index (κ2) is 14.7. The van der Waals surface area contributed by atoms with E-state index in [1.165, 1.54) is 32.6 Å². The maximum Gasteiger partial charge on any atom is 0.513 e. The monoisotopic (exact) mass is 556 g/mol. The summed E-state index contributed by atoms with van der Waals surface area (Å²) in [5, 5.41) is 9.16. The van der Waals surface area contributed by atoms with Crippen molar-refractivity contribution in [2.75, 3.05) is 33.9 Å². The van der Waals surface area contributed by atoms with Gasteiger partial charge >= 0.3 is 22.4 Å². The zero-order chi connectivity index (χ0) is 25.9. The lowest BCUT2D eigenvalue weighted by atomic mass is 9.83. The zero-order valence-electron chi connectivity index (χ0n) is 20.4. The fourth-order valence-corrected chi connectivity index (χ4v) is 5.72. The number of hydrogen-bond acceptors (Lipinski definition) is 9. The van der Waals surface area contributed by atoms with Crippen molar-refractivity contribution >= 4 is 33.6 Å². The molecule has 0 aromatic carbocycles. The van der Waals surface area contributed by atoms with Crippen LogP contribution in [0.2, 0.25) is 0 Å². The lowest BCUT2D eigenvalue weighted by molar-refractivity contribution is 0.0730. The largest absolute Gasteiger partial charge is 0.513 e. The molecule has 10 nitrogen and oxygen atoms in total. The van der Waals surface area contributed by atoms with E-state index in [1.807, 2.05) is 13.8 Å². The van der Waals surface area contributed by atoms with Crippen LogP contribution in [0.15, 0.2) is 0 Å². The highest BCUT2D eigenvalue weighted by Gasteiger charge is 2.35. The maximum absolute atomic E-state index is 13.4. The van der Waals surface area contributed by atoms with Crippen LogP contribution in [0.3, 0.4) is 0 Å². The van der Waals surface area contributed by atoms with Crippen molar-refractivity contribution in [1.82, 2.24) is 4.67 Å². The first-order valence-electron chi connectivity index (χ1n) is 10.6. The lowest BCUT2D eigenvalue weighted by Crippen LogP contribution is -2.30. The molecule has 0 aliphatic rings. The van der Waals surface area contributed by atoms with Gasteiger partial charge in [0.15, 0.2) is 5.81 Å². The van der Waals surface area contributed by atoms with Gasteiger partial charge in [0.1, 0.15) is 0 Å². The van der Waals surface area contributed by atoms with Gasteiger partial charge in [-0.05, 0) is 66.0 Å². The molecule has 0 aromatic rings. The number of rotatable bonds is 18. The van der Waals surface area contributed by atoms with E-state index >= 15 is 0 Å². The Labute approximate surface area is 201 Å². The zero-order valence-corrected chi connectivity index (χ0v) is 23.8. The molecule has 0 saturated heterocycles. The standard InChI is InChI=1S/C18H37ClFN2O8P3/c1-8-26-33(20,25)29-16(2)11-9-13-27-32(19,24)28-14-10-12-18(4,5)17(3)30-31(23,15-21)22(6)7/h16-17H,8-14H2,1-7H3/t16?,17?,31-,32-,33-/m1/s1. The smallest absolute Gasteiger partial charge is 0.303 e. The maximum atomic E-state index is 13.4. The molecule has 196 valence electrons. The van der Waals surface area contributed by atoms with Gasteiger partial charge in [-0.1, -0.05) is 13.8 Å². The number of nitrogens with zero attached hydrogens (tertiary/aromatic N) is 2. The Morgan fingerprint density at radius 3 is 2.09 bits per heavy atom. The highest BCUT2D eigenvalue weighted by atomic mass is 35.7. The lowest BCUT2D eigenvalue weighted by Gasteiger charge is -2.34. The summed E-state index contributed by atoms with van der Waals surface area (Å²) < 4.78 is 75.6. The Morgan fingerprint density at radius 2 is 1.61 bits per heavy atom. The molecule has 0 radical (unpaired) electrons. The second-order valence-electron chi connectivity index (χ2n) is 8.31. The summed E-state index contributed by atoms with van der Waals surface area (Å²) in [6.07, 6.45) is 0.442. The van der Waals surface area contributed by atoms with E-state index in [0.29, 0.717) is 19.3 Å². The highest BCUT2D eigenvalue weighted by molar-refractivity contribution is 7.81. The van der Waals surface area contributed by atoms with Crippen LogP contribution in [-0.4, -0.2) is 50.8 Å². The van der Waals surface area contributed by atoms with Gasteiger partial charge in [0.05, 0.1) is 32.0 Å². The van der Waals surface area contributed by atoms with Gasteiger partial charge in [-0.3, -0.25) is 22.7 Å². The summed E-state index contributed by atoms with van der Waals surface area (Å²) >= 11 is 5.80. The molecule has 0 aromatic heterocycles. The summed E-state index contributed by atoms with van der Waals surface area (Å²) in [6, 6.07) is 0. The van der Waals surface area contributed by atoms with Crippen LogP contribution in [0, 0.1) is 16.5 Å². The molecule has 0 bridgehead atoms. The van der Waals surface area contributed by atoms with Gasteiger partial charge in [-0.2, -0.15) is 5.26 Å². The van der Waals surface area contributed by atoms with Gasteiger partial charge < -0.3 is 4.52 Å². The SMILES string of the molecule is CCO[P@](=O)(F)OC(C)CCCO[P@](=O)(Cl)OCCCC(C)(C)C(C)O[P@](=O)(C#N)N(C)C. The quantitative estimate of drug-likeness (QED) is 0.127. The molecule has 0 aliphatic carbocycles. The van der Waals surface area contributed by atoms with Crippen molar-refractivity contribution < 1.29 is 40.5 Å². The van der Waals surface area contributed by atoms with Crippen LogP contribution >= 0.6 is 33.6 Å². The van der Waals surface area contributed by atoms with Crippen molar-refractivity contribution in [3.63, 3.8) is 0 Å². The van der Waals surface area contributed by atoms with Crippen molar-refractivity contribution in [2.24, 2.45) is 5.41 Å². The first-order valence-corrected chi connectivity index (χ1v) is 16.0. The third-order valence-corrected chi connectivity index (χ3v) is 9.51. The van der Waals surface area contributed by atoms with Crippen molar-refractivity contribution in [1.29, 1.82) is 5.26 Å². The third kappa shape index (κ3) is 13.7. The summed E-state index contributed by atoms with van der Waals surface area (Å²) in [4.78, 5) is 0. The Morgan fingerprint density at radius 1 is 1.06 bits per heavy atom. The second-order valence-corrected chi connectivity index (χ2v) is 14.5. The number of halogens is 2. The van der Waals surface area contributed by atoms with Gasteiger partial charge in [-0.15, -0.1) is 4.20 Å². The van der Waals surface area contributed by atoms with Gasteiger partial charge in [0, 0.05) is 11.2 Å². The molecule has 0 heterocycles. The predicted octanol–water partition coefficient (Wildman–Crippen LogP) is 7.11. The van der Waals surface area contributed by atoms with Crippen LogP contribution in [0.1, 0.15) is 60.3 Å². The van der Waals surface area contributed by atoms with Crippen molar-refractivity contribution in [3.05, 3.63) is 0 Å². The first-order chi connectivity index (χ1) is 15.0. The van der Waals surface area contributed by atoms with Crippen LogP contribution < -0.4 is 0 Å². The van der Waals surface area contributed by atoms with Crippen LogP contribution in [0.5, 0.6) is 0 Å². The fourth-order valence-electron chi connectivity index (χ4n) is 2.50. The normalized spacial score (nSPS) is 19.8. The van der Waals surface area contributed by atoms with Crippen LogP contribution in [0.25, 0.3) is 0 Å². The van der Waals surface area contributed by atoms with E-state index in [4.69, 9.17) is 34.6 Å². The highest BCUT2D eigenvalue weighted by Crippen LogP contribution is 2.55. The molecule has 0 amide bonds. The van der Waals surface area contributed by atoms with Crippen LogP contribution in [-0.2, 0) is 36.3 Å². The molecule has 0 aliphatic heterocycles. The minimum absolute atomic E-state index is 0.0238. The molecule has 0 rings (SSSR count). The fraction of sp³-hybridized carbons (Fsp3) is 0.944. The number of hydrogen-bond donors (Lipinski definition) is 0. The van der Waals surface area contributed by atoms with E-state index in [9.17, 15) is 17.9 Å². The topological polar surface area (TPSA) is 124 Å². The molecule has 5 atom stereocenters. The molecule has 0 fully saturated rings. The molecule has 15 heteroatoms. The van der Waals surface area contributed by atoms with Gasteiger partial charge in [0.25, 0.3) is 0 Å². The van der Waals surface area contributed by atoms with Crippen molar-refractivity contribution in [2.45, 2.75) is 72.5 Å². The summed E-state index contributed by atoms with van der Waals surface area (Å²) in [5.74, 6) is 1.73. The van der Waals surface area contributed by atoms with Crippen molar-refractivity contribution in [3.8, 4) is 5.81 Å². The first kappa shape index (κ1) is 33.2. The summed E-state index contributed by atoms with van der Waals surface area (Å²) in [6.45, 7) is 4.72. The Kier molecular flexibility index (Phi) is 14.7. The van der Waals surface area contributed by atoms with E-state index < -0.39 is 40.0 Å². The van der Waals surface area contributed by atoms with E-state index in [0.717, 1.165) is 0 Å². The molecule has 0 spiro atoms. The molecular formula is C18H37ClFN2O8P3. The average molecular weight is 557 g/mol. The number of nitriles is 1. The molecule has 0 saturated carbocycles. The summed E-state index contributed by atoms with van der Waals surface area (Å²) in [5.41, 5.74) is -0.448. The van der Waals surface area contributed by atoms with E-state index in [1.54, 1.807) is 12.7 Å². The van der Waals surface area contributed by atoms with Gasteiger partial charge in [-0.25, -0.2) is 13.8 Å². The molecular weight excluding hydrogens is 520 g/mol. The molecule has 0 N–H and O–H groups in total. The van der Waals surface area contributed by atoms with Crippen LogP contribution in [0.4, 0.5) is 4.20 Å². The Hall–Kier alpha value is 0.160. The molecule has 33 heavy (non-hydrogen) atoms. The molecule has 2 unspecified atom stereocenters. The van der Waals surface area contributed by atoms with E-state index in [-0.39, 0.29) is 26.2 Å². The third-order valence-electron chi connectivity index (χ3n) is 4.86. The Balaban J connectivity index is 4.34. The minimum atomic E-state index is -4.58. The predicted molar refractivity (Wildman–Crippen MR) is 126 cm³/mol. The minimum Gasteiger partial charge on any atom is -0.303 e. The van der Waals surface area contributed by atoms with E-state index in [2.05, 4.69) is 4.52 Å². The van der Waals surface area contributed by atoms with Gasteiger partial charge in [0.2, 0.25) is 0 Å². The summed E-state index contributed by atoms with van der Waals surface area (Å²) in [7, 11) is -5.10. The average Bonchev–Trinajstić information content (AvgIpc) is 2.67. The Bertz CT molecular complexity index is 780.